The van der Waals surface area contributed by atoms with Crippen LogP contribution in [0.4, 0.5) is 0 Å². The highest BCUT2D eigenvalue weighted by atomic mass is 32.1. The maximum Gasteiger partial charge on any atom is 0.0786 e. The first kappa shape index (κ1) is 12.0. The van der Waals surface area contributed by atoms with E-state index in [1.165, 1.54) is 29.7 Å². The van der Waals surface area contributed by atoms with Crippen LogP contribution in [0.2, 0.25) is 0 Å². The normalized spacial score (nSPS) is 16.4. The number of ether oxygens (including phenoxy) is 1. The van der Waals surface area contributed by atoms with E-state index in [1.807, 2.05) is 11.3 Å². The molecule has 4 heteroatoms. The molecule has 3 N–H and O–H groups in total. The molecule has 16 heavy (non-hydrogen) atoms. The van der Waals surface area contributed by atoms with Crippen LogP contribution < -0.4 is 11.3 Å². The molecule has 3 nitrogen and oxygen atoms in total. The number of rotatable bonds is 6. The van der Waals surface area contributed by atoms with Gasteiger partial charge in [0.25, 0.3) is 0 Å². The van der Waals surface area contributed by atoms with Crippen molar-refractivity contribution in [1.29, 1.82) is 0 Å². The highest BCUT2D eigenvalue weighted by Crippen LogP contribution is 2.33. The minimum Gasteiger partial charge on any atom is -0.379 e. The lowest BCUT2D eigenvalue weighted by molar-refractivity contribution is 0.113. The van der Waals surface area contributed by atoms with Crippen molar-refractivity contribution < 1.29 is 4.74 Å². The summed E-state index contributed by atoms with van der Waals surface area (Å²) in [4.78, 5) is 2.87. The highest BCUT2D eigenvalue weighted by Gasteiger charge is 2.19. The fourth-order valence-electron chi connectivity index (χ4n) is 2.08. The molecule has 1 aromatic rings. The number of hydrogen-bond acceptors (Lipinski definition) is 4. The zero-order valence-corrected chi connectivity index (χ0v) is 10.6. The second-order valence-electron chi connectivity index (χ2n) is 4.24. The van der Waals surface area contributed by atoms with E-state index in [0.29, 0.717) is 6.61 Å². The third-order valence-electron chi connectivity index (χ3n) is 2.94. The van der Waals surface area contributed by atoms with Crippen LogP contribution in [-0.4, -0.2) is 13.2 Å². The summed E-state index contributed by atoms with van der Waals surface area (Å²) in [5.41, 5.74) is 4.38. The van der Waals surface area contributed by atoms with Gasteiger partial charge in [-0.05, 0) is 37.3 Å². The van der Waals surface area contributed by atoms with Crippen molar-refractivity contribution >= 4 is 11.3 Å². The van der Waals surface area contributed by atoms with Gasteiger partial charge in [0.15, 0.2) is 0 Å². The summed E-state index contributed by atoms with van der Waals surface area (Å²) in [5.74, 6) is 5.58. The van der Waals surface area contributed by atoms with Gasteiger partial charge in [-0.15, -0.1) is 11.3 Å². The number of hydrazine groups is 1. The summed E-state index contributed by atoms with van der Waals surface area (Å²) in [6.07, 6.45) is 4.85. The van der Waals surface area contributed by atoms with Gasteiger partial charge in [-0.3, -0.25) is 5.84 Å². The van der Waals surface area contributed by atoms with Crippen LogP contribution in [-0.2, 0) is 17.6 Å². The van der Waals surface area contributed by atoms with Crippen molar-refractivity contribution in [2.75, 3.05) is 13.2 Å². The van der Waals surface area contributed by atoms with E-state index < -0.39 is 0 Å². The van der Waals surface area contributed by atoms with Crippen LogP contribution in [0.3, 0.4) is 0 Å². The van der Waals surface area contributed by atoms with E-state index in [1.54, 1.807) is 4.88 Å². The molecule has 2 rings (SSSR count). The second-order valence-corrected chi connectivity index (χ2v) is 5.41. The third-order valence-corrected chi connectivity index (χ3v) is 4.29. The van der Waals surface area contributed by atoms with E-state index >= 15 is 0 Å². The second kappa shape index (κ2) is 5.77. The Labute approximate surface area is 101 Å². The van der Waals surface area contributed by atoms with E-state index in [-0.39, 0.29) is 6.04 Å². The van der Waals surface area contributed by atoms with Crippen molar-refractivity contribution in [3.63, 3.8) is 0 Å². The standard InChI is InChI=1S/C12H20N2OS/c1-2-6-15-8-10(14-13)12-7-9-4-3-5-11(9)16-12/h7,10,14H,2-6,8,13H2,1H3. The Hall–Kier alpha value is -0.420. The molecule has 1 aromatic heterocycles. The maximum absolute atomic E-state index is 5.58. The Morgan fingerprint density at radius 1 is 1.56 bits per heavy atom. The van der Waals surface area contributed by atoms with Crippen LogP contribution in [0, 0.1) is 0 Å². The molecule has 90 valence electrons. The molecule has 0 amide bonds. The van der Waals surface area contributed by atoms with E-state index in [9.17, 15) is 0 Å². The van der Waals surface area contributed by atoms with Crippen molar-refractivity contribution in [2.24, 2.45) is 5.84 Å². The van der Waals surface area contributed by atoms with Crippen molar-refractivity contribution in [3.05, 3.63) is 21.4 Å². The minimum absolute atomic E-state index is 0.155. The summed E-state index contributed by atoms with van der Waals surface area (Å²) in [6.45, 7) is 3.59. The van der Waals surface area contributed by atoms with Gasteiger partial charge in [0.2, 0.25) is 0 Å². The number of nitrogens with two attached hydrogens (primary N) is 1. The molecule has 0 spiro atoms. The quantitative estimate of drug-likeness (QED) is 0.455. The lowest BCUT2D eigenvalue weighted by Gasteiger charge is -2.14. The number of aryl methyl sites for hydroxylation is 2. The molecule has 0 saturated carbocycles. The molecule has 0 fully saturated rings. The highest BCUT2D eigenvalue weighted by molar-refractivity contribution is 7.12. The van der Waals surface area contributed by atoms with Gasteiger partial charge in [0, 0.05) is 16.4 Å². The van der Waals surface area contributed by atoms with E-state index in [4.69, 9.17) is 10.6 Å². The molecular weight excluding hydrogens is 220 g/mol. The van der Waals surface area contributed by atoms with Gasteiger partial charge >= 0.3 is 0 Å². The van der Waals surface area contributed by atoms with Crippen LogP contribution >= 0.6 is 11.3 Å². The zero-order chi connectivity index (χ0) is 11.4. The third kappa shape index (κ3) is 2.63. The molecule has 0 saturated heterocycles. The summed E-state index contributed by atoms with van der Waals surface area (Å²) >= 11 is 1.89. The molecule has 1 heterocycles. The van der Waals surface area contributed by atoms with Gasteiger partial charge in [0.05, 0.1) is 12.6 Å². The van der Waals surface area contributed by atoms with Gasteiger partial charge in [-0.2, -0.15) is 0 Å². The molecule has 1 aliphatic carbocycles. The number of fused-ring (bicyclic) bond motifs is 1. The molecular formula is C12H20N2OS. The topological polar surface area (TPSA) is 47.3 Å². The Kier molecular flexibility index (Phi) is 4.35. The Morgan fingerprint density at radius 2 is 2.44 bits per heavy atom. The van der Waals surface area contributed by atoms with E-state index in [2.05, 4.69) is 18.4 Å². The predicted molar refractivity (Wildman–Crippen MR) is 67.5 cm³/mol. The Balaban J connectivity index is 1.97. The SMILES string of the molecule is CCCOCC(NN)c1cc2c(s1)CCC2. The summed E-state index contributed by atoms with van der Waals surface area (Å²) < 4.78 is 5.56. The number of hydrogen-bond donors (Lipinski definition) is 2. The first-order valence-corrected chi connectivity index (χ1v) is 6.82. The fraction of sp³-hybridized carbons (Fsp3) is 0.667. The molecule has 0 aromatic carbocycles. The molecule has 1 atom stereocenters. The molecule has 1 aliphatic rings. The summed E-state index contributed by atoms with van der Waals surface area (Å²) in [5, 5.41) is 0. The van der Waals surface area contributed by atoms with Gasteiger partial charge in [-0.25, -0.2) is 5.43 Å². The average Bonchev–Trinajstić information content (AvgIpc) is 2.84. The van der Waals surface area contributed by atoms with Crippen molar-refractivity contribution in [3.8, 4) is 0 Å². The molecule has 1 unspecified atom stereocenters. The molecule has 0 radical (unpaired) electrons. The number of thiophene rings is 1. The smallest absolute Gasteiger partial charge is 0.0786 e. The van der Waals surface area contributed by atoms with E-state index in [0.717, 1.165) is 13.0 Å². The maximum atomic E-state index is 5.58. The molecule has 0 bridgehead atoms. The first-order valence-electron chi connectivity index (χ1n) is 6.00. The largest absolute Gasteiger partial charge is 0.379 e. The van der Waals surface area contributed by atoms with Crippen LogP contribution in [0.25, 0.3) is 0 Å². The van der Waals surface area contributed by atoms with Gasteiger partial charge in [0.1, 0.15) is 0 Å². The van der Waals surface area contributed by atoms with Crippen molar-refractivity contribution in [2.45, 2.75) is 38.6 Å². The van der Waals surface area contributed by atoms with Gasteiger partial charge in [-0.1, -0.05) is 6.92 Å². The number of nitrogens with one attached hydrogen (secondary N) is 1. The van der Waals surface area contributed by atoms with Crippen molar-refractivity contribution in [1.82, 2.24) is 5.43 Å². The lowest BCUT2D eigenvalue weighted by Crippen LogP contribution is -2.30. The monoisotopic (exact) mass is 240 g/mol. The first-order chi connectivity index (χ1) is 7.85. The summed E-state index contributed by atoms with van der Waals surface area (Å²) in [7, 11) is 0. The minimum atomic E-state index is 0.155. The van der Waals surface area contributed by atoms with Crippen LogP contribution in [0.5, 0.6) is 0 Å². The average molecular weight is 240 g/mol. The summed E-state index contributed by atoms with van der Waals surface area (Å²) in [6, 6.07) is 2.45. The molecule has 0 aliphatic heterocycles. The van der Waals surface area contributed by atoms with Crippen LogP contribution in [0.15, 0.2) is 6.07 Å². The van der Waals surface area contributed by atoms with Crippen LogP contribution in [0.1, 0.15) is 41.1 Å². The zero-order valence-electron chi connectivity index (χ0n) is 9.79. The van der Waals surface area contributed by atoms with Gasteiger partial charge < -0.3 is 4.74 Å². The lowest BCUT2D eigenvalue weighted by atomic mass is 10.2. The Morgan fingerprint density at radius 3 is 3.12 bits per heavy atom. The predicted octanol–water partition coefficient (Wildman–Crippen LogP) is 2.17. The Bertz CT molecular complexity index is 316. The fourth-order valence-corrected chi connectivity index (χ4v) is 3.38.